The van der Waals surface area contributed by atoms with E-state index in [1.54, 1.807) is 4.90 Å². The predicted octanol–water partition coefficient (Wildman–Crippen LogP) is 1.45. The molecule has 8 heteroatoms. The summed E-state index contributed by atoms with van der Waals surface area (Å²) in [6.07, 6.45) is 1.96. The molecule has 0 unspecified atom stereocenters. The Hall–Kier alpha value is -2.77. The van der Waals surface area contributed by atoms with Crippen LogP contribution in [-0.4, -0.2) is 52.1 Å². The first-order chi connectivity index (χ1) is 11.4. The van der Waals surface area contributed by atoms with Gasteiger partial charge in [-0.2, -0.15) is 0 Å². The number of non-ortho nitro benzene ring substituents is 1. The van der Waals surface area contributed by atoms with Gasteiger partial charge in [0.05, 0.1) is 16.1 Å². The number of nitrogens with zero attached hydrogens (tertiary/aromatic N) is 3. The largest absolute Gasteiger partial charge is 0.341 e. The number of likely N-dealkylation sites (tertiary alicyclic amines) is 1. The Morgan fingerprint density at radius 3 is 2.67 bits per heavy atom. The van der Waals surface area contributed by atoms with Crippen LogP contribution in [0.4, 0.5) is 5.69 Å². The van der Waals surface area contributed by atoms with Crippen molar-refractivity contribution in [3.63, 3.8) is 0 Å². The smallest absolute Gasteiger partial charge is 0.270 e. The molecule has 0 N–H and O–H groups in total. The molecule has 126 valence electrons. The highest BCUT2D eigenvalue weighted by Crippen LogP contribution is 2.27. The lowest BCUT2D eigenvalue weighted by Gasteiger charge is -2.31. The molecule has 3 amide bonds. The maximum absolute atomic E-state index is 12.4. The molecule has 2 aliphatic rings. The van der Waals surface area contributed by atoms with Crippen LogP contribution >= 0.6 is 0 Å². The van der Waals surface area contributed by atoms with Crippen molar-refractivity contribution in [1.29, 1.82) is 0 Å². The lowest BCUT2D eigenvalue weighted by Crippen LogP contribution is -2.46. The maximum atomic E-state index is 12.4. The van der Waals surface area contributed by atoms with Gasteiger partial charge in [-0.3, -0.25) is 29.4 Å². The Balaban J connectivity index is 1.78. The van der Waals surface area contributed by atoms with Crippen LogP contribution in [-0.2, 0) is 4.79 Å². The number of amides is 3. The molecule has 1 saturated heterocycles. The van der Waals surface area contributed by atoms with Gasteiger partial charge >= 0.3 is 0 Å². The predicted molar refractivity (Wildman–Crippen MR) is 83.4 cm³/mol. The molecule has 0 aromatic heterocycles. The molecule has 1 aromatic carbocycles. The lowest BCUT2D eigenvalue weighted by atomic mass is 10.0. The van der Waals surface area contributed by atoms with E-state index in [0.717, 1.165) is 23.8 Å². The molecule has 1 aromatic rings. The first kappa shape index (κ1) is 16.1. The summed E-state index contributed by atoms with van der Waals surface area (Å²) in [5.41, 5.74) is -0.174. The molecule has 8 nitrogen and oxygen atoms in total. The number of nitro groups is 1. The summed E-state index contributed by atoms with van der Waals surface area (Å²) >= 11 is 0. The Morgan fingerprint density at radius 1 is 1.29 bits per heavy atom. The maximum Gasteiger partial charge on any atom is 0.270 e. The van der Waals surface area contributed by atoms with Crippen molar-refractivity contribution in [2.75, 3.05) is 19.6 Å². The van der Waals surface area contributed by atoms with Crippen LogP contribution in [0.2, 0.25) is 0 Å². The van der Waals surface area contributed by atoms with Crippen LogP contribution in [0.25, 0.3) is 0 Å². The SMILES string of the molecule is C[C@H]1CCCN(C(=O)CN2C(=O)c3ccc([N+](=O)[O-])cc3C2=O)C1. The minimum Gasteiger partial charge on any atom is -0.341 e. The molecular weight excluding hydrogens is 314 g/mol. The number of fused-ring (bicyclic) bond motifs is 1. The number of carbonyl (C=O) groups excluding carboxylic acids is 3. The van der Waals surface area contributed by atoms with Crippen molar-refractivity contribution >= 4 is 23.4 Å². The van der Waals surface area contributed by atoms with Crippen LogP contribution in [0.5, 0.6) is 0 Å². The summed E-state index contributed by atoms with van der Waals surface area (Å²) < 4.78 is 0. The van der Waals surface area contributed by atoms with Gasteiger partial charge in [0.15, 0.2) is 0 Å². The number of hydrogen-bond donors (Lipinski definition) is 0. The third-order valence-electron chi connectivity index (χ3n) is 4.47. The highest BCUT2D eigenvalue weighted by atomic mass is 16.6. The van der Waals surface area contributed by atoms with E-state index in [1.807, 2.05) is 0 Å². The number of nitro benzene ring substituents is 1. The van der Waals surface area contributed by atoms with Crippen LogP contribution in [0.1, 0.15) is 40.5 Å². The third kappa shape index (κ3) is 2.75. The van der Waals surface area contributed by atoms with Crippen molar-refractivity contribution in [3.05, 3.63) is 39.4 Å². The first-order valence-electron chi connectivity index (χ1n) is 7.81. The molecule has 3 rings (SSSR count). The molecule has 0 spiro atoms. The van der Waals surface area contributed by atoms with Gasteiger partial charge in [0.1, 0.15) is 6.54 Å². The molecule has 0 radical (unpaired) electrons. The van der Waals surface area contributed by atoms with E-state index in [4.69, 9.17) is 0 Å². The summed E-state index contributed by atoms with van der Waals surface area (Å²) in [7, 11) is 0. The van der Waals surface area contributed by atoms with E-state index in [0.29, 0.717) is 19.0 Å². The summed E-state index contributed by atoms with van der Waals surface area (Å²) in [5.74, 6) is -1.11. The Bertz CT molecular complexity index is 745. The van der Waals surface area contributed by atoms with Gasteiger partial charge < -0.3 is 4.90 Å². The highest BCUT2D eigenvalue weighted by molar-refractivity contribution is 6.22. The number of hydrogen-bond acceptors (Lipinski definition) is 5. The second-order valence-corrected chi connectivity index (χ2v) is 6.27. The van der Waals surface area contributed by atoms with E-state index in [2.05, 4.69) is 6.92 Å². The van der Waals surface area contributed by atoms with Gasteiger partial charge in [-0.15, -0.1) is 0 Å². The fourth-order valence-corrected chi connectivity index (χ4v) is 3.19. The molecule has 0 saturated carbocycles. The zero-order valence-corrected chi connectivity index (χ0v) is 13.2. The van der Waals surface area contributed by atoms with Crippen molar-refractivity contribution in [2.45, 2.75) is 19.8 Å². The minimum absolute atomic E-state index is 0.0194. The molecule has 0 bridgehead atoms. The summed E-state index contributed by atoms with van der Waals surface area (Å²) in [4.78, 5) is 49.8. The van der Waals surface area contributed by atoms with Crippen LogP contribution < -0.4 is 0 Å². The fourth-order valence-electron chi connectivity index (χ4n) is 3.19. The first-order valence-corrected chi connectivity index (χ1v) is 7.81. The average Bonchev–Trinajstić information content (AvgIpc) is 2.79. The summed E-state index contributed by atoms with van der Waals surface area (Å²) in [6.45, 7) is 2.97. The Labute approximate surface area is 138 Å². The Kier molecular flexibility index (Phi) is 4.04. The van der Waals surface area contributed by atoms with Gasteiger partial charge in [0, 0.05) is 25.2 Å². The summed E-state index contributed by atoms with van der Waals surface area (Å²) in [5, 5.41) is 10.8. The topological polar surface area (TPSA) is 101 Å². The standard InChI is InChI=1S/C16H17N3O5/c1-10-3-2-6-17(8-10)14(20)9-18-15(21)12-5-4-11(19(23)24)7-13(12)16(18)22/h4-5,7,10H,2-3,6,8-9H2,1H3/t10-/m0/s1. The minimum atomic E-state index is -0.655. The molecule has 24 heavy (non-hydrogen) atoms. The monoisotopic (exact) mass is 331 g/mol. The second-order valence-electron chi connectivity index (χ2n) is 6.27. The van der Waals surface area contributed by atoms with E-state index in [9.17, 15) is 24.5 Å². The van der Waals surface area contributed by atoms with Crippen molar-refractivity contribution in [1.82, 2.24) is 9.80 Å². The zero-order chi connectivity index (χ0) is 17.4. The van der Waals surface area contributed by atoms with Gasteiger partial charge in [-0.25, -0.2) is 0 Å². The number of piperidine rings is 1. The Morgan fingerprint density at radius 2 is 2.00 bits per heavy atom. The van der Waals surface area contributed by atoms with Crippen molar-refractivity contribution < 1.29 is 19.3 Å². The molecular formula is C16H17N3O5. The second kappa shape index (κ2) is 6.03. The number of rotatable bonds is 3. The molecule has 1 atom stereocenters. The average molecular weight is 331 g/mol. The third-order valence-corrected chi connectivity index (χ3v) is 4.47. The van der Waals surface area contributed by atoms with E-state index >= 15 is 0 Å². The van der Waals surface area contributed by atoms with E-state index in [1.165, 1.54) is 12.1 Å². The van der Waals surface area contributed by atoms with Crippen LogP contribution in [0.15, 0.2) is 18.2 Å². The zero-order valence-electron chi connectivity index (χ0n) is 13.2. The van der Waals surface area contributed by atoms with Crippen molar-refractivity contribution in [2.24, 2.45) is 5.92 Å². The van der Waals surface area contributed by atoms with Crippen molar-refractivity contribution in [3.8, 4) is 0 Å². The van der Waals surface area contributed by atoms with Crippen LogP contribution in [0, 0.1) is 16.0 Å². The van der Waals surface area contributed by atoms with Gasteiger partial charge in [-0.05, 0) is 24.8 Å². The van der Waals surface area contributed by atoms with Gasteiger partial charge in [0.2, 0.25) is 5.91 Å². The van der Waals surface area contributed by atoms with E-state index < -0.39 is 16.7 Å². The molecule has 2 heterocycles. The normalized spacial score (nSPS) is 20.3. The molecule has 2 aliphatic heterocycles. The quantitative estimate of drug-likeness (QED) is 0.474. The van der Waals surface area contributed by atoms with Gasteiger partial charge in [0.25, 0.3) is 17.5 Å². The fraction of sp³-hybridized carbons (Fsp3) is 0.438. The molecule has 1 fully saturated rings. The van der Waals surface area contributed by atoms with Crippen LogP contribution in [0.3, 0.4) is 0 Å². The lowest BCUT2D eigenvalue weighted by molar-refractivity contribution is -0.384. The number of benzene rings is 1. The number of imide groups is 1. The van der Waals surface area contributed by atoms with Gasteiger partial charge in [-0.1, -0.05) is 6.92 Å². The summed E-state index contributed by atoms with van der Waals surface area (Å²) in [6, 6.07) is 3.53. The highest BCUT2D eigenvalue weighted by Gasteiger charge is 2.38. The number of carbonyl (C=O) groups is 3. The molecule has 0 aliphatic carbocycles. The van der Waals surface area contributed by atoms with E-state index in [-0.39, 0.29) is 29.3 Å².